The smallest absolute Gasteiger partial charge is 0.407 e. The van der Waals surface area contributed by atoms with Gasteiger partial charge in [-0.15, -0.1) is 0 Å². The first-order valence-electron chi connectivity index (χ1n) is 10.6. The van der Waals surface area contributed by atoms with Crippen molar-refractivity contribution in [3.05, 3.63) is 58.9 Å². The van der Waals surface area contributed by atoms with Crippen LogP contribution >= 0.6 is 0 Å². The average molecular weight is 463 g/mol. The third-order valence-corrected chi connectivity index (χ3v) is 6.29. The highest BCUT2D eigenvalue weighted by molar-refractivity contribution is 6.01. The highest BCUT2D eigenvalue weighted by Gasteiger charge is 2.53. The molecular formula is C23H24F3N3O4. The van der Waals surface area contributed by atoms with Crippen LogP contribution < -0.4 is 5.32 Å². The summed E-state index contributed by atoms with van der Waals surface area (Å²) in [4.78, 5) is 27.1. The average Bonchev–Trinajstić information content (AvgIpc) is 2.76. The molecule has 2 amide bonds. The molecular weight excluding hydrogens is 439 g/mol. The third-order valence-electron chi connectivity index (χ3n) is 6.29. The van der Waals surface area contributed by atoms with Gasteiger partial charge < -0.3 is 25.3 Å². The van der Waals surface area contributed by atoms with Crippen LogP contribution in [0.25, 0.3) is 0 Å². The summed E-state index contributed by atoms with van der Waals surface area (Å²) < 4.78 is 42.9. The van der Waals surface area contributed by atoms with Crippen LogP contribution in [0.15, 0.2) is 30.3 Å². The quantitative estimate of drug-likeness (QED) is 0.640. The van der Waals surface area contributed by atoms with Gasteiger partial charge in [-0.1, -0.05) is 6.07 Å². The van der Waals surface area contributed by atoms with E-state index in [0.717, 1.165) is 18.6 Å². The summed E-state index contributed by atoms with van der Waals surface area (Å²) in [6, 6.07) is 5.40. The molecule has 0 saturated carbocycles. The largest absolute Gasteiger partial charge is 0.465 e. The summed E-state index contributed by atoms with van der Waals surface area (Å²) in [5, 5.41) is 22.9. The molecule has 2 aliphatic rings. The SMILES string of the molecule is Cc1ccc(Nc2c(C(=O)N3CC(O)(C4CCCCN4C(=O)O)C3)ccc(F)c2F)c(F)c1. The standard InChI is InChI=1S/C23H24F3N3O4/c1-13-5-8-17(16(25)10-13)27-20-14(6-7-15(24)19(20)26)21(30)28-11-23(33,12-28)18-4-2-3-9-29(18)22(31)32/h5-8,10,18,27,33H,2-4,9,11-12H2,1H3,(H,31,32). The Bertz CT molecular complexity index is 1100. The van der Waals surface area contributed by atoms with Crippen molar-refractivity contribution in [3.63, 3.8) is 0 Å². The van der Waals surface area contributed by atoms with Gasteiger partial charge in [0.2, 0.25) is 0 Å². The molecule has 2 fully saturated rings. The molecule has 2 aliphatic heterocycles. The molecule has 2 aromatic carbocycles. The topological polar surface area (TPSA) is 93.1 Å². The van der Waals surface area contributed by atoms with E-state index in [1.807, 2.05) is 0 Å². The minimum Gasteiger partial charge on any atom is -0.465 e. The molecule has 10 heteroatoms. The number of nitrogens with zero attached hydrogens (tertiary/aromatic N) is 2. The summed E-state index contributed by atoms with van der Waals surface area (Å²) in [7, 11) is 0. The van der Waals surface area contributed by atoms with Gasteiger partial charge >= 0.3 is 6.09 Å². The maximum Gasteiger partial charge on any atom is 0.407 e. The van der Waals surface area contributed by atoms with E-state index in [-0.39, 0.29) is 24.3 Å². The fourth-order valence-electron chi connectivity index (χ4n) is 4.57. The number of benzene rings is 2. The summed E-state index contributed by atoms with van der Waals surface area (Å²) in [5.74, 6) is -3.92. The number of carboxylic acid groups (broad SMARTS) is 1. The van der Waals surface area contributed by atoms with E-state index in [4.69, 9.17) is 0 Å². The number of aryl methyl sites for hydroxylation is 1. The number of likely N-dealkylation sites (tertiary alicyclic amines) is 2. The second kappa shape index (κ2) is 8.58. The number of rotatable bonds is 4. The summed E-state index contributed by atoms with van der Waals surface area (Å²) >= 11 is 0. The number of aliphatic hydroxyl groups is 1. The van der Waals surface area contributed by atoms with Gasteiger partial charge in [0.1, 0.15) is 11.4 Å². The molecule has 1 atom stereocenters. The molecule has 2 aromatic rings. The summed E-state index contributed by atoms with van der Waals surface area (Å²) in [6.45, 7) is 1.66. The number of nitrogens with one attached hydrogen (secondary N) is 1. The predicted octanol–water partition coefficient (Wildman–Crippen LogP) is 3.88. The van der Waals surface area contributed by atoms with Gasteiger partial charge in [0.25, 0.3) is 5.91 Å². The lowest BCUT2D eigenvalue weighted by atomic mass is 9.80. The zero-order chi connectivity index (χ0) is 23.9. The van der Waals surface area contributed by atoms with Crippen molar-refractivity contribution in [1.82, 2.24) is 9.80 Å². The zero-order valence-corrected chi connectivity index (χ0v) is 17.9. The Morgan fingerprint density at radius 2 is 1.82 bits per heavy atom. The highest BCUT2D eigenvalue weighted by atomic mass is 19.2. The van der Waals surface area contributed by atoms with E-state index in [9.17, 15) is 33.0 Å². The van der Waals surface area contributed by atoms with Crippen LogP contribution in [0.1, 0.15) is 35.2 Å². The number of amides is 2. The van der Waals surface area contributed by atoms with E-state index in [1.54, 1.807) is 13.0 Å². The van der Waals surface area contributed by atoms with Crippen LogP contribution in [0.5, 0.6) is 0 Å². The van der Waals surface area contributed by atoms with Crippen LogP contribution in [0, 0.1) is 24.4 Å². The van der Waals surface area contributed by atoms with E-state index >= 15 is 0 Å². The molecule has 0 aromatic heterocycles. The first-order valence-corrected chi connectivity index (χ1v) is 10.6. The maximum absolute atomic E-state index is 14.6. The van der Waals surface area contributed by atoms with Crippen molar-refractivity contribution in [3.8, 4) is 0 Å². The first-order chi connectivity index (χ1) is 15.6. The van der Waals surface area contributed by atoms with Crippen LogP contribution in [0.3, 0.4) is 0 Å². The summed E-state index contributed by atoms with van der Waals surface area (Å²) in [6.07, 6.45) is 0.783. The molecule has 2 saturated heterocycles. The molecule has 7 nitrogen and oxygen atoms in total. The molecule has 1 unspecified atom stereocenters. The molecule has 33 heavy (non-hydrogen) atoms. The van der Waals surface area contributed by atoms with Crippen LogP contribution in [0.4, 0.5) is 29.3 Å². The van der Waals surface area contributed by atoms with Crippen LogP contribution in [0.2, 0.25) is 0 Å². The van der Waals surface area contributed by atoms with Crippen molar-refractivity contribution in [1.29, 1.82) is 0 Å². The lowest BCUT2D eigenvalue weighted by Gasteiger charge is -2.54. The number of hydrogen-bond acceptors (Lipinski definition) is 4. The van der Waals surface area contributed by atoms with Gasteiger partial charge in [0.15, 0.2) is 11.6 Å². The van der Waals surface area contributed by atoms with Crippen LogP contribution in [-0.2, 0) is 0 Å². The van der Waals surface area contributed by atoms with Gasteiger partial charge in [0, 0.05) is 6.54 Å². The number of carbonyl (C=O) groups excluding carboxylic acids is 1. The van der Waals surface area contributed by atoms with Crippen molar-refractivity contribution in [2.24, 2.45) is 0 Å². The van der Waals surface area contributed by atoms with Crippen molar-refractivity contribution < 1.29 is 33.0 Å². The lowest BCUT2D eigenvalue weighted by molar-refractivity contribution is -0.133. The van der Waals surface area contributed by atoms with Crippen LogP contribution in [-0.4, -0.2) is 63.3 Å². The Balaban J connectivity index is 1.57. The normalized spacial score (nSPS) is 19.7. The second-order valence-electron chi connectivity index (χ2n) is 8.64. The Kier molecular flexibility index (Phi) is 5.96. The highest BCUT2D eigenvalue weighted by Crippen LogP contribution is 2.36. The molecule has 3 N–H and O–H groups in total. The van der Waals surface area contributed by atoms with Gasteiger partial charge in [-0.25, -0.2) is 18.0 Å². The van der Waals surface area contributed by atoms with Gasteiger partial charge in [0.05, 0.1) is 36.1 Å². The molecule has 0 bridgehead atoms. The van der Waals surface area contributed by atoms with Crippen molar-refractivity contribution in [2.45, 2.75) is 37.8 Å². The zero-order valence-electron chi connectivity index (χ0n) is 17.9. The number of piperidine rings is 1. The van der Waals surface area contributed by atoms with Crippen molar-refractivity contribution >= 4 is 23.4 Å². The fourth-order valence-corrected chi connectivity index (χ4v) is 4.57. The Labute approximate surface area is 188 Å². The fraction of sp³-hybridized carbons (Fsp3) is 0.391. The van der Waals surface area contributed by atoms with E-state index in [0.29, 0.717) is 24.9 Å². The first kappa shape index (κ1) is 22.9. The number of β-amino-alcohol motifs (C(OH)–C–C–N with tert-alkyl or cyclic N) is 1. The minimum absolute atomic E-state index is 0.126. The predicted molar refractivity (Wildman–Crippen MR) is 114 cm³/mol. The maximum atomic E-state index is 14.6. The Hall–Kier alpha value is -3.27. The molecule has 4 rings (SSSR count). The van der Waals surface area contributed by atoms with Gasteiger partial charge in [-0.3, -0.25) is 4.79 Å². The molecule has 2 heterocycles. The number of anilines is 2. The number of hydrogen-bond donors (Lipinski definition) is 3. The number of carbonyl (C=O) groups is 2. The minimum atomic E-state index is -1.43. The number of halogens is 3. The van der Waals surface area contributed by atoms with E-state index in [1.165, 1.54) is 21.9 Å². The second-order valence-corrected chi connectivity index (χ2v) is 8.64. The molecule has 0 spiro atoms. The van der Waals surface area contributed by atoms with Gasteiger partial charge in [-0.05, 0) is 56.0 Å². The van der Waals surface area contributed by atoms with E-state index < -0.39 is 46.8 Å². The molecule has 0 aliphatic carbocycles. The monoisotopic (exact) mass is 463 g/mol. The lowest BCUT2D eigenvalue weighted by Crippen LogP contribution is -2.72. The Morgan fingerprint density at radius 3 is 2.48 bits per heavy atom. The molecule has 0 radical (unpaired) electrons. The van der Waals surface area contributed by atoms with Gasteiger partial charge in [-0.2, -0.15) is 0 Å². The molecule has 176 valence electrons. The third kappa shape index (κ3) is 4.22. The Morgan fingerprint density at radius 1 is 1.09 bits per heavy atom. The van der Waals surface area contributed by atoms with Crippen molar-refractivity contribution in [2.75, 3.05) is 25.0 Å². The van der Waals surface area contributed by atoms with E-state index in [2.05, 4.69) is 5.32 Å². The summed E-state index contributed by atoms with van der Waals surface area (Å²) in [5.41, 5.74) is -1.66.